The van der Waals surface area contributed by atoms with Crippen molar-refractivity contribution >= 4 is 28.6 Å². The first-order valence-electron chi connectivity index (χ1n) is 4.67. The molecule has 0 spiro atoms. The zero-order valence-corrected chi connectivity index (χ0v) is 9.85. The number of rotatable bonds is 3. The molecule has 1 atom stereocenters. The fraction of sp³-hybridized carbons (Fsp3) is 0.182. The highest BCUT2D eigenvalue weighted by atomic mass is 35.5. The van der Waals surface area contributed by atoms with E-state index in [1.54, 1.807) is 11.3 Å². The molecule has 1 aromatic carbocycles. The minimum Gasteiger partial charge on any atom is -0.376 e. The third kappa shape index (κ3) is 2.70. The average Bonchev–Trinajstić information content (AvgIpc) is 2.70. The number of hydrogen-bond acceptors (Lipinski definition) is 3. The van der Waals surface area contributed by atoms with Gasteiger partial charge in [0.2, 0.25) is 0 Å². The minimum atomic E-state index is 0.212. The summed E-state index contributed by atoms with van der Waals surface area (Å²) in [5, 5.41) is 7.15. The van der Waals surface area contributed by atoms with Gasteiger partial charge in [0.05, 0.1) is 6.04 Å². The van der Waals surface area contributed by atoms with Crippen molar-refractivity contribution in [3.8, 4) is 0 Å². The van der Waals surface area contributed by atoms with Gasteiger partial charge >= 0.3 is 0 Å². The minimum absolute atomic E-state index is 0.212. The van der Waals surface area contributed by atoms with Crippen LogP contribution in [0.4, 0.5) is 5.69 Å². The molecule has 0 unspecified atom stereocenters. The molecule has 2 rings (SSSR count). The molecule has 1 N–H and O–H groups in total. The first-order chi connectivity index (χ1) is 7.25. The Kier molecular flexibility index (Phi) is 3.23. The van der Waals surface area contributed by atoms with Crippen molar-refractivity contribution in [2.75, 3.05) is 5.32 Å². The molecule has 0 saturated heterocycles. The Hall–Kier alpha value is -1.06. The van der Waals surface area contributed by atoms with Crippen molar-refractivity contribution < 1.29 is 0 Å². The predicted molar refractivity (Wildman–Crippen MR) is 65.6 cm³/mol. The van der Waals surface area contributed by atoms with Crippen LogP contribution in [0.5, 0.6) is 0 Å². The molecule has 0 saturated carbocycles. The van der Waals surface area contributed by atoms with Crippen LogP contribution in [0.15, 0.2) is 35.8 Å². The lowest BCUT2D eigenvalue weighted by Gasteiger charge is -2.12. The second-order valence-electron chi connectivity index (χ2n) is 3.25. The number of aromatic nitrogens is 1. The molecular formula is C11H11ClN2S. The molecule has 1 heterocycles. The third-order valence-electron chi connectivity index (χ3n) is 2.03. The molecule has 0 fully saturated rings. The van der Waals surface area contributed by atoms with E-state index in [1.807, 2.05) is 35.8 Å². The molecule has 4 heteroatoms. The van der Waals surface area contributed by atoms with Gasteiger partial charge in [0.1, 0.15) is 5.01 Å². The van der Waals surface area contributed by atoms with Gasteiger partial charge in [-0.3, -0.25) is 0 Å². The van der Waals surface area contributed by atoms with Crippen LogP contribution >= 0.6 is 22.9 Å². The van der Waals surface area contributed by atoms with Gasteiger partial charge in [-0.15, -0.1) is 11.3 Å². The second kappa shape index (κ2) is 4.64. The van der Waals surface area contributed by atoms with E-state index in [0.29, 0.717) is 0 Å². The van der Waals surface area contributed by atoms with E-state index in [9.17, 15) is 0 Å². The lowest BCUT2D eigenvalue weighted by Crippen LogP contribution is -2.05. The highest BCUT2D eigenvalue weighted by Crippen LogP contribution is 2.22. The fourth-order valence-electron chi connectivity index (χ4n) is 1.34. The summed E-state index contributed by atoms with van der Waals surface area (Å²) in [5.41, 5.74) is 1.02. The molecule has 2 aromatic rings. The van der Waals surface area contributed by atoms with E-state index >= 15 is 0 Å². The summed E-state index contributed by atoms with van der Waals surface area (Å²) >= 11 is 7.55. The van der Waals surface area contributed by atoms with Crippen LogP contribution in [-0.2, 0) is 0 Å². The predicted octanol–water partition coefficient (Wildman–Crippen LogP) is 3.97. The summed E-state index contributed by atoms with van der Waals surface area (Å²) in [7, 11) is 0. The van der Waals surface area contributed by atoms with Crippen LogP contribution in [0, 0.1) is 0 Å². The van der Waals surface area contributed by atoms with Gasteiger partial charge in [0.15, 0.2) is 0 Å². The van der Waals surface area contributed by atoms with Crippen molar-refractivity contribution in [1.29, 1.82) is 0 Å². The van der Waals surface area contributed by atoms with Gasteiger partial charge in [0.25, 0.3) is 0 Å². The Balaban J connectivity index is 2.09. The number of halogens is 1. The van der Waals surface area contributed by atoms with Crippen LogP contribution in [0.25, 0.3) is 0 Å². The molecule has 15 heavy (non-hydrogen) atoms. The molecule has 0 bridgehead atoms. The van der Waals surface area contributed by atoms with Gasteiger partial charge in [-0.1, -0.05) is 17.7 Å². The lowest BCUT2D eigenvalue weighted by atomic mass is 10.3. The van der Waals surface area contributed by atoms with Crippen LogP contribution in [0.1, 0.15) is 18.0 Å². The Labute approximate surface area is 97.9 Å². The van der Waals surface area contributed by atoms with Gasteiger partial charge < -0.3 is 5.32 Å². The van der Waals surface area contributed by atoms with E-state index in [-0.39, 0.29) is 6.04 Å². The molecule has 0 aliphatic rings. The number of benzene rings is 1. The van der Waals surface area contributed by atoms with E-state index in [4.69, 9.17) is 11.6 Å². The molecule has 0 radical (unpaired) electrons. The summed E-state index contributed by atoms with van der Waals surface area (Å²) < 4.78 is 0. The summed E-state index contributed by atoms with van der Waals surface area (Å²) in [4.78, 5) is 4.26. The van der Waals surface area contributed by atoms with Gasteiger partial charge in [-0.05, 0) is 25.1 Å². The Bertz CT molecular complexity index is 428. The zero-order valence-electron chi connectivity index (χ0n) is 8.27. The first kappa shape index (κ1) is 10.5. The molecule has 0 aliphatic heterocycles. The first-order valence-corrected chi connectivity index (χ1v) is 5.93. The standard InChI is InChI=1S/C11H11ClN2S/c1-8(11-13-5-6-15-11)14-10-4-2-3-9(12)7-10/h2-8,14H,1H3/t8-/m1/s1. The molecule has 0 aliphatic carbocycles. The summed E-state index contributed by atoms with van der Waals surface area (Å²) in [6.45, 7) is 2.08. The van der Waals surface area contributed by atoms with Crippen molar-refractivity contribution in [3.63, 3.8) is 0 Å². The van der Waals surface area contributed by atoms with E-state index in [1.165, 1.54) is 0 Å². The quantitative estimate of drug-likeness (QED) is 0.875. The Morgan fingerprint density at radius 2 is 2.33 bits per heavy atom. The summed E-state index contributed by atoms with van der Waals surface area (Å²) in [5.74, 6) is 0. The SMILES string of the molecule is C[C@@H](Nc1cccc(Cl)c1)c1nccs1. The largest absolute Gasteiger partial charge is 0.376 e. The maximum Gasteiger partial charge on any atom is 0.115 e. The van der Waals surface area contributed by atoms with Crippen LogP contribution in [0.2, 0.25) is 5.02 Å². The Morgan fingerprint density at radius 1 is 1.47 bits per heavy atom. The molecule has 78 valence electrons. The van der Waals surface area contributed by atoms with Crippen LogP contribution in [0.3, 0.4) is 0 Å². The highest BCUT2D eigenvalue weighted by molar-refractivity contribution is 7.09. The van der Waals surface area contributed by atoms with Crippen LogP contribution in [-0.4, -0.2) is 4.98 Å². The maximum absolute atomic E-state index is 5.90. The number of hydrogen-bond donors (Lipinski definition) is 1. The number of nitrogens with zero attached hydrogens (tertiary/aromatic N) is 1. The van der Waals surface area contributed by atoms with Crippen molar-refractivity contribution in [2.45, 2.75) is 13.0 Å². The molecule has 1 aromatic heterocycles. The molecular weight excluding hydrogens is 228 g/mol. The molecule has 2 nitrogen and oxygen atoms in total. The zero-order chi connectivity index (χ0) is 10.7. The van der Waals surface area contributed by atoms with Gasteiger partial charge in [-0.25, -0.2) is 4.98 Å². The monoisotopic (exact) mass is 238 g/mol. The summed E-state index contributed by atoms with van der Waals surface area (Å²) in [6, 6.07) is 7.91. The number of nitrogens with one attached hydrogen (secondary N) is 1. The Morgan fingerprint density at radius 3 is 3.00 bits per heavy atom. The number of thiazole rings is 1. The smallest absolute Gasteiger partial charge is 0.115 e. The van der Waals surface area contributed by atoms with E-state index < -0.39 is 0 Å². The lowest BCUT2D eigenvalue weighted by molar-refractivity contribution is 0.870. The molecule has 0 amide bonds. The van der Waals surface area contributed by atoms with E-state index in [0.717, 1.165) is 15.7 Å². The average molecular weight is 239 g/mol. The van der Waals surface area contributed by atoms with Crippen molar-refractivity contribution in [2.24, 2.45) is 0 Å². The summed E-state index contributed by atoms with van der Waals surface area (Å²) in [6.07, 6.45) is 1.82. The van der Waals surface area contributed by atoms with Crippen molar-refractivity contribution in [3.05, 3.63) is 45.9 Å². The number of anilines is 1. The van der Waals surface area contributed by atoms with E-state index in [2.05, 4.69) is 17.2 Å². The van der Waals surface area contributed by atoms with Crippen LogP contribution < -0.4 is 5.32 Å². The van der Waals surface area contributed by atoms with Gasteiger partial charge in [-0.2, -0.15) is 0 Å². The van der Waals surface area contributed by atoms with Crippen molar-refractivity contribution in [1.82, 2.24) is 4.98 Å². The second-order valence-corrected chi connectivity index (χ2v) is 4.61. The fourth-order valence-corrected chi connectivity index (χ4v) is 2.17. The topological polar surface area (TPSA) is 24.9 Å². The highest BCUT2D eigenvalue weighted by Gasteiger charge is 2.07. The third-order valence-corrected chi connectivity index (χ3v) is 3.22. The van der Waals surface area contributed by atoms with Gasteiger partial charge in [0, 0.05) is 22.3 Å². The maximum atomic E-state index is 5.90. The normalized spacial score (nSPS) is 12.4.